The summed E-state index contributed by atoms with van der Waals surface area (Å²) in [7, 11) is -3.79. The number of sulfonamides is 1. The van der Waals surface area contributed by atoms with Crippen molar-refractivity contribution in [2.24, 2.45) is 0 Å². The van der Waals surface area contributed by atoms with Gasteiger partial charge in [0.15, 0.2) is 0 Å². The third-order valence-corrected chi connectivity index (χ3v) is 7.03. The van der Waals surface area contributed by atoms with E-state index in [4.69, 9.17) is 16.3 Å². The largest absolute Gasteiger partial charge is 0.379 e. The number of nitrogens with zero attached hydrogens (tertiary/aromatic N) is 2. The first-order chi connectivity index (χ1) is 13.4. The Kier molecular flexibility index (Phi) is 6.72. The zero-order valence-electron chi connectivity index (χ0n) is 15.7. The number of benzene rings is 2. The van der Waals surface area contributed by atoms with E-state index in [1.165, 1.54) is 16.4 Å². The fourth-order valence-corrected chi connectivity index (χ4v) is 4.98. The normalized spacial score (nSPS) is 15.4. The molecule has 2 aromatic carbocycles. The number of rotatable bonds is 6. The molecule has 1 aliphatic rings. The van der Waals surface area contributed by atoms with E-state index >= 15 is 0 Å². The maximum Gasteiger partial charge on any atom is 0.254 e. The molecule has 0 saturated carbocycles. The van der Waals surface area contributed by atoms with Crippen LogP contribution in [0.15, 0.2) is 53.4 Å². The maximum atomic E-state index is 13.0. The standard InChI is InChI=1S/C20H23ClN2O4S/c1-2-22(15-16-6-4-3-5-7-16)20(24)17-8-9-18(21)19(14-17)28(25,26)23-10-12-27-13-11-23/h3-9,14H,2,10-13,15H2,1H3. The highest BCUT2D eigenvalue weighted by molar-refractivity contribution is 7.89. The van der Waals surface area contributed by atoms with Gasteiger partial charge in [-0.3, -0.25) is 4.79 Å². The highest BCUT2D eigenvalue weighted by Gasteiger charge is 2.29. The van der Waals surface area contributed by atoms with E-state index < -0.39 is 10.0 Å². The van der Waals surface area contributed by atoms with Gasteiger partial charge in [0, 0.05) is 31.7 Å². The average Bonchev–Trinajstić information content (AvgIpc) is 2.73. The third-order valence-electron chi connectivity index (χ3n) is 4.65. The SMILES string of the molecule is CCN(Cc1ccccc1)C(=O)c1ccc(Cl)c(S(=O)(=O)N2CCOCC2)c1. The minimum absolute atomic E-state index is 0.0438. The lowest BCUT2D eigenvalue weighted by atomic mass is 10.1. The summed E-state index contributed by atoms with van der Waals surface area (Å²) >= 11 is 6.19. The van der Waals surface area contributed by atoms with Gasteiger partial charge in [-0.15, -0.1) is 0 Å². The van der Waals surface area contributed by atoms with Gasteiger partial charge in [-0.1, -0.05) is 41.9 Å². The zero-order chi connectivity index (χ0) is 20.1. The molecule has 28 heavy (non-hydrogen) atoms. The fraction of sp³-hybridized carbons (Fsp3) is 0.350. The molecular weight excluding hydrogens is 400 g/mol. The molecule has 1 fully saturated rings. The Bertz CT molecular complexity index is 928. The van der Waals surface area contributed by atoms with Crippen molar-refractivity contribution in [2.45, 2.75) is 18.4 Å². The summed E-state index contributed by atoms with van der Waals surface area (Å²) in [5.74, 6) is -0.235. The van der Waals surface area contributed by atoms with Crippen LogP contribution in [0.5, 0.6) is 0 Å². The van der Waals surface area contributed by atoms with Crippen molar-refractivity contribution in [3.63, 3.8) is 0 Å². The number of hydrogen-bond donors (Lipinski definition) is 0. The van der Waals surface area contributed by atoms with Crippen molar-refractivity contribution in [1.82, 2.24) is 9.21 Å². The average molecular weight is 423 g/mol. The van der Waals surface area contributed by atoms with Gasteiger partial charge in [-0.05, 0) is 30.7 Å². The topological polar surface area (TPSA) is 66.9 Å². The lowest BCUT2D eigenvalue weighted by Gasteiger charge is -2.27. The molecule has 3 rings (SSSR count). The van der Waals surface area contributed by atoms with E-state index in [0.717, 1.165) is 5.56 Å². The van der Waals surface area contributed by atoms with Crippen molar-refractivity contribution in [1.29, 1.82) is 0 Å². The highest BCUT2D eigenvalue weighted by atomic mass is 35.5. The summed E-state index contributed by atoms with van der Waals surface area (Å²) in [4.78, 5) is 14.6. The van der Waals surface area contributed by atoms with Gasteiger partial charge >= 0.3 is 0 Å². The summed E-state index contributed by atoms with van der Waals surface area (Å²) in [5.41, 5.74) is 1.31. The van der Waals surface area contributed by atoms with Crippen LogP contribution in [0, 0.1) is 0 Å². The maximum absolute atomic E-state index is 13.0. The minimum Gasteiger partial charge on any atom is -0.379 e. The van der Waals surface area contributed by atoms with Gasteiger partial charge in [-0.25, -0.2) is 8.42 Å². The van der Waals surface area contributed by atoms with Crippen LogP contribution < -0.4 is 0 Å². The molecule has 8 heteroatoms. The molecule has 0 N–H and O–H groups in total. The summed E-state index contributed by atoms with van der Waals surface area (Å²) < 4.78 is 32.5. The molecule has 150 valence electrons. The molecule has 1 amide bonds. The van der Waals surface area contributed by atoms with E-state index in [1.54, 1.807) is 11.0 Å². The Labute approximate surface area is 170 Å². The van der Waals surface area contributed by atoms with Crippen LogP contribution in [0.25, 0.3) is 0 Å². The molecular formula is C20H23ClN2O4S. The molecule has 2 aromatic rings. The molecule has 0 radical (unpaired) electrons. The Morgan fingerprint density at radius 3 is 2.46 bits per heavy atom. The van der Waals surface area contributed by atoms with Crippen LogP contribution in [0.4, 0.5) is 0 Å². The second-order valence-electron chi connectivity index (χ2n) is 6.47. The first-order valence-corrected chi connectivity index (χ1v) is 11.0. The molecule has 1 heterocycles. The molecule has 6 nitrogen and oxygen atoms in total. The predicted octanol–water partition coefficient (Wildman–Crippen LogP) is 3.02. The Balaban J connectivity index is 1.88. The quantitative estimate of drug-likeness (QED) is 0.717. The summed E-state index contributed by atoms with van der Waals surface area (Å²) in [5, 5.41) is 0.106. The van der Waals surface area contributed by atoms with Crippen molar-refractivity contribution < 1.29 is 17.9 Å². The number of morpholine rings is 1. The van der Waals surface area contributed by atoms with Crippen LogP contribution in [0.2, 0.25) is 5.02 Å². The fourth-order valence-electron chi connectivity index (χ4n) is 3.07. The smallest absolute Gasteiger partial charge is 0.254 e. The number of ether oxygens (including phenoxy) is 1. The van der Waals surface area contributed by atoms with E-state index in [2.05, 4.69) is 0 Å². The van der Waals surface area contributed by atoms with Crippen LogP contribution >= 0.6 is 11.6 Å². The van der Waals surface area contributed by atoms with Crippen molar-refractivity contribution in [2.75, 3.05) is 32.8 Å². The first-order valence-electron chi connectivity index (χ1n) is 9.14. The molecule has 1 aliphatic heterocycles. The summed E-state index contributed by atoms with van der Waals surface area (Å²) in [6.07, 6.45) is 0. The van der Waals surface area contributed by atoms with Gasteiger partial charge in [0.25, 0.3) is 5.91 Å². The number of amides is 1. The lowest BCUT2D eigenvalue weighted by Crippen LogP contribution is -2.40. The van der Waals surface area contributed by atoms with Gasteiger partial charge in [0.2, 0.25) is 10.0 Å². The molecule has 0 atom stereocenters. The van der Waals surface area contributed by atoms with Crippen LogP contribution in [-0.2, 0) is 21.3 Å². The third kappa shape index (κ3) is 4.55. The van der Waals surface area contributed by atoms with Gasteiger partial charge in [-0.2, -0.15) is 4.31 Å². The molecule has 0 aliphatic carbocycles. The second-order valence-corrected chi connectivity index (χ2v) is 8.78. The van der Waals surface area contributed by atoms with Crippen molar-refractivity contribution in [3.8, 4) is 0 Å². The van der Waals surface area contributed by atoms with E-state index in [-0.39, 0.29) is 28.9 Å². The second kappa shape index (κ2) is 9.05. The minimum atomic E-state index is -3.79. The molecule has 0 aromatic heterocycles. The molecule has 0 bridgehead atoms. The van der Waals surface area contributed by atoms with Crippen LogP contribution in [0.3, 0.4) is 0 Å². The van der Waals surface area contributed by atoms with E-state index in [0.29, 0.717) is 31.9 Å². The predicted molar refractivity (Wildman–Crippen MR) is 108 cm³/mol. The first kappa shape index (κ1) is 20.8. The number of hydrogen-bond acceptors (Lipinski definition) is 4. The number of halogens is 1. The van der Waals surface area contributed by atoms with Crippen molar-refractivity contribution >= 4 is 27.5 Å². The van der Waals surface area contributed by atoms with E-state index in [1.807, 2.05) is 37.3 Å². The van der Waals surface area contributed by atoms with Gasteiger partial charge < -0.3 is 9.64 Å². The van der Waals surface area contributed by atoms with Gasteiger partial charge in [0.05, 0.1) is 18.2 Å². The lowest BCUT2D eigenvalue weighted by molar-refractivity contribution is 0.0729. The number of carbonyl (C=O) groups excluding carboxylic acids is 1. The zero-order valence-corrected chi connectivity index (χ0v) is 17.2. The van der Waals surface area contributed by atoms with Crippen LogP contribution in [-0.4, -0.2) is 56.4 Å². The monoisotopic (exact) mass is 422 g/mol. The Hall–Kier alpha value is -1.93. The molecule has 0 spiro atoms. The summed E-state index contributed by atoms with van der Waals surface area (Å²) in [6, 6.07) is 14.1. The van der Waals surface area contributed by atoms with E-state index in [9.17, 15) is 13.2 Å². The van der Waals surface area contributed by atoms with Crippen LogP contribution in [0.1, 0.15) is 22.8 Å². The van der Waals surface area contributed by atoms with Crippen molar-refractivity contribution in [3.05, 3.63) is 64.7 Å². The molecule has 0 unspecified atom stereocenters. The Morgan fingerprint density at radius 2 is 1.82 bits per heavy atom. The van der Waals surface area contributed by atoms with Gasteiger partial charge in [0.1, 0.15) is 4.90 Å². The summed E-state index contributed by atoms with van der Waals surface area (Å²) in [6.45, 7) is 4.07. The highest BCUT2D eigenvalue weighted by Crippen LogP contribution is 2.27. The Morgan fingerprint density at radius 1 is 1.14 bits per heavy atom. The number of carbonyl (C=O) groups is 1. The molecule has 1 saturated heterocycles.